The van der Waals surface area contributed by atoms with Crippen molar-refractivity contribution in [3.63, 3.8) is 0 Å². The van der Waals surface area contributed by atoms with Crippen molar-refractivity contribution in [2.75, 3.05) is 20.3 Å². The van der Waals surface area contributed by atoms with Crippen molar-refractivity contribution in [3.8, 4) is 5.75 Å². The minimum atomic E-state index is -1.36. The molecule has 0 saturated heterocycles. The lowest BCUT2D eigenvalue weighted by molar-refractivity contribution is 0.116. The van der Waals surface area contributed by atoms with Gasteiger partial charge in [-0.2, -0.15) is 0 Å². The quantitative estimate of drug-likeness (QED) is 0.188. The zero-order chi connectivity index (χ0) is 20.5. The van der Waals surface area contributed by atoms with Crippen LogP contribution < -0.4 is 4.74 Å². The maximum absolute atomic E-state index is 6.32. The van der Waals surface area contributed by atoms with Gasteiger partial charge in [-0.15, -0.1) is 0 Å². The summed E-state index contributed by atoms with van der Waals surface area (Å²) in [4.78, 5) is 0. The number of rotatable bonds is 18. The van der Waals surface area contributed by atoms with Crippen molar-refractivity contribution in [2.45, 2.75) is 96.9 Å². The molecule has 0 N–H and O–H groups in total. The second-order valence-electron chi connectivity index (χ2n) is 7.82. The molecule has 0 aliphatic carbocycles. The maximum atomic E-state index is 6.32. The van der Waals surface area contributed by atoms with E-state index in [-0.39, 0.29) is 0 Å². The van der Waals surface area contributed by atoms with Crippen LogP contribution >= 0.6 is 0 Å². The molecular formula is C24H44O3Si. The molecule has 0 spiro atoms. The smallest absolute Gasteiger partial charge is 0.191 e. The van der Waals surface area contributed by atoms with Crippen molar-refractivity contribution >= 4 is 8.32 Å². The van der Waals surface area contributed by atoms with Gasteiger partial charge >= 0.3 is 0 Å². The van der Waals surface area contributed by atoms with Crippen LogP contribution in [0.2, 0.25) is 18.1 Å². The zero-order valence-electron chi connectivity index (χ0n) is 18.9. The van der Waals surface area contributed by atoms with Gasteiger partial charge in [0.15, 0.2) is 8.32 Å². The summed E-state index contributed by atoms with van der Waals surface area (Å²) in [7, 11) is 0.334. The Morgan fingerprint density at radius 1 is 0.679 bits per heavy atom. The molecule has 28 heavy (non-hydrogen) atoms. The monoisotopic (exact) mass is 408 g/mol. The van der Waals surface area contributed by atoms with E-state index in [4.69, 9.17) is 13.9 Å². The summed E-state index contributed by atoms with van der Waals surface area (Å²) in [5.41, 5.74) is 1.21. The summed E-state index contributed by atoms with van der Waals surface area (Å²) in [5, 5.41) is 0. The molecule has 0 fully saturated rings. The van der Waals surface area contributed by atoms with Gasteiger partial charge in [-0.1, -0.05) is 71.4 Å². The van der Waals surface area contributed by atoms with E-state index in [1.807, 2.05) is 12.1 Å². The van der Waals surface area contributed by atoms with E-state index < -0.39 is 8.32 Å². The van der Waals surface area contributed by atoms with Gasteiger partial charge in [-0.3, -0.25) is 0 Å². The van der Waals surface area contributed by atoms with E-state index in [2.05, 4.69) is 32.9 Å². The Morgan fingerprint density at radius 2 is 1.18 bits per heavy atom. The van der Waals surface area contributed by atoms with Crippen molar-refractivity contribution in [3.05, 3.63) is 29.8 Å². The minimum Gasteiger partial charge on any atom is -0.497 e. The lowest BCUT2D eigenvalue weighted by Gasteiger charge is -2.27. The molecule has 0 bridgehead atoms. The first-order chi connectivity index (χ1) is 13.7. The molecule has 162 valence electrons. The predicted molar refractivity (Wildman–Crippen MR) is 123 cm³/mol. The van der Waals surface area contributed by atoms with Gasteiger partial charge in [0.05, 0.1) is 13.7 Å². The topological polar surface area (TPSA) is 27.7 Å². The second kappa shape index (κ2) is 16.0. The normalized spacial score (nSPS) is 11.7. The van der Waals surface area contributed by atoms with Crippen molar-refractivity contribution in [1.29, 1.82) is 0 Å². The molecule has 3 nitrogen and oxygen atoms in total. The number of benzene rings is 1. The van der Waals surface area contributed by atoms with E-state index >= 15 is 0 Å². The average Bonchev–Trinajstić information content (AvgIpc) is 2.75. The van der Waals surface area contributed by atoms with Crippen LogP contribution in [0.1, 0.15) is 77.7 Å². The summed E-state index contributed by atoms with van der Waals surface area (Å²) in [6, 6.07) is 11.9. The Labute approximate surface area is 175 Å². The van der Waals surface area contributed by atoms with Crippen LogP contribution in [-0.2, 0) is 15.8 Å². The van der Waals surface area contributed by atoms with Crippen LogP contribution in [0.3, 0.4) is 0 Å². The van der Waals surface area contributed by atoms with E-state index in [1.54, 1.807) is 7.11 Å². The van der Waals surface area contributed by atoms with Gasteiger partial charge in [0.25, 0.3) is 0 Å². The van der Waals surface area contributed by atoms with Gasteiger partial charge < -0.3 is 13.9 Å². The first-order valence-electron chi connectivity index (χ1n) is 11.5. The molecule has 1 rings (SSSR count). The Morgan fingerprint density at radius 3 is 1.68 bits per heavy atom. The Bertz CT molecular complexity index is 463. The van der Waals surface area contributed by atoms with Gasteiger partial charge in [0.1, 0.15) is 5.75 Å². The second-order valence-corrected chi connectivity index (χ2v) is 12.6. The predicted octanol–water partition coefficient (Wildman–Crippen LogP) is 7.35. The fraction of sp³-hybridized carbons (Fsp3) is 0.750. The number of hydrogen-bond acceptors (Lipinski definition) is 3. The fourth-order valence-electron chi connectivity index (χ4n) is 3.62. The first-order valence-corrected chi connectivity index (χ1v) is 14.1. The van der Waals surface area contributed by atoms with E-state index in [9.17, 15) is 0 Å². The van der Waals surface area contributed by atoms with E-state index in [0.29, 0.717) is 6.61 Å². The third kappa shape index (κ3) is 10.6. The van der Waals surface area contributed by atoms with Crippen LogP contribution in [0, 0.1) is 0 Å². The Balaban J connectivity index is 1.87. The number of unbranched alkanes of at least 4 members (excludes halogenated alkanes) is 7. The molecule has 1 aromatic carbocycles. The third-order valence-corrected chi connectivity index (χ3v) is 10.6. The summed E-state index contributed by atoms with van der Waals surface area (Å²) in [5.74, 6) is 0.897. The largest absolute Gasteiger partial charge is 0.497 e. The highest BCUT2D eigenvalue weighted by Crippen LogP contribution is 2.22. The highest BCUT2D eigenvalue weighted by atomic mass is 28.4. The SMILES string of the molecule is CC[Si](CC)(CC)OCCCCCCCCCCOCc1ccc(OC)cc1. The van der Waals surface area contributed by atoms with Crippen LogP contribution in [-0.4, -0.2) is 28.6 Å². The molecule has 0 atom stereocenters. The molecule has 0 saturated carbocycles. The molecule has 0 aliphatic rings. The van der Waals surface area contributed by atoms with Crippen LogP contribution in [0.15, 0.2) is 24.3 Å². The van der Waals surface area contributed by atoms with Crippen LogP contribution in [0.4, 0.5) is 0 Å². The zero-order valence-corrected chi connectivity index (χ0v) is 19.9. The molecule has 4 heteroatoms. The van der Waals surface area contributed by atoms with E-state index in [0.717, 1.165) is 19.0 Å². The molecular weight excluding hydrogens is 364 g/mol. The molecule has 0 amide bonds. The van der Waals surface area contributed by atoms with E-state index in [1.165, 1.54) is 75.1 Å². The molecule has 0 radical (unpaired) electrons. The van der Waals surface area contributed by atoms with Crippen molar-refractivity contribution in [1.82, 2.24) is 0 Å². The van der Waals surface area contributed by atoms with Crippen LogP contribution in [0.25, 0.3) is 0 Å². The maximum Gasteiger partial charge on any atom is 0.191 e. The van der Waals surface area contributed by atoms with Crippen molar-refractivity contribution < 1.29 is 13.9 Å². The van der Waals surface area contributed by atoms with Gasteiger partial charge in [0.2, 0.25) is 0 Å². The van der Waals surface area contributed by atoms with Gasteiger partial charge in [0, 0.05) is 13.2 Å². The fourth-order valence-corrected chi connectivity index (χ4v) is 6.31. The molecule has 0 aliphatic heterocycles. The Hall–Kier alpha value is -0.843. The molecule has 0 heterocycles. The number of methoxy groups -OCH3 is 1. The standard InChI is InChI=1S/C24H44O3Si/c1-5-28(6-2,7-3)27-21-15-13-11-9-8-10-12-14-20-26-22-23-16-18-24(25-4)19-17-23/h16-19H,5-15,20-22H2,1-4H3. The van der Waals surface area contributed by atoms with Gasteiger partial charge in [-0.25, -0.2) is 0 Å². The third-order valence-electron chi connectivity index (χ3n) is 5.95. The summed E-state index contributed by atoms with van der Waals surface area (Å²) < 4.78 is 17.3. The summed E-state index contributed by atoms with van der Waals surface area (Å²) in [6.07, 6.45) is 10.4. The minimum absolute atomic E-state index is 0.699. The van der Waals surface area contributed by atoms with Crippen molar-refractivity contribution in [2.24, 2.45) is 0 Å². The summed E-state index contributed by atoms with van der Waals surface area (Å²) in [6.45, 7) is 9.48. The average molecular weight is 409 g/mol. The summed E-state index contributed by atoms with van der Waals surface area (Å²) >= 11 is 0. The highest BCUT2D eigenvalue weighted by molar-refractivity contribution is 6.73. The molecule has 0 aromatic heterocycles. The lowest BCUT2D eigenvalue weighted by atomic mass is 10.1. The first kappa shape index (κ1) is 25.2. The highest BCUT2D eigenvalue weighted by Gasteiger charge is 2.27. The molecule has 0 unspecified atom stereocenters. The Kier molecular flexibility index (Phi) is 14.4. The lowest BCUT2D eigenvalue weighted by Crippen LogP contribution is -2.36. The van der Waals surface area contributed by atoms with Gasteiger partial charge in [-0.05, 0) is 48.7 Å². The number of hydrogen-bond donors (Lipinski definition) is 0. The van der Waals surface area contributed by atoms with Crippen LogP contribution in [0.5, 0.6) is 5.75 Å². The molecule has 1 aromatic rings. The number of ether oxygens (including phenoxy) is 2.